The molecule has 47 heavy (non-hydrogen) atoms. The van der Waals surface area contributed by atoms with Gasteiger partial charge in [-0.05, 0) is 94.3 Å². The second-order valence-corrected chi connectivity index (χ2v) is 14.4. The third-order valence-corrected chi connectivity index (χ3v) is 12.2. The van der Waals surface area contributed by atoms with E-state index in [4.69, 9.17) is 0 Å². The van der Waals surface area contributed by atoms with Crippen molar-refractivity contribution < 1.29 is 0 Å². The molecule has 1 fully saturated rings. The summed E-state index contributed by atoms with van der Waals surface area (Å²) in [6, 6.07) is 52.2. The van der Waals surface area contributed by atoms with Crippen molar-refractivity contribution in [3.8, 4) is 22.3 Å². The van der Waals surface area contributed by atoms with E-state index in [1.54, 1.807) is 5.56 Å². The Labute approximate surface area is 278 Å². The Morgan fingerprint density at radius 3 is 1.98 bits per heavy atom. The van der Waals surface area contributed by atoms with Crippen molar-refractivity contribution in [2.24, 2.45) is 0 Å². The summed E-state index contributed by atoms with van der Waals surface area (Å²) in [5.74, 6) is 0. The molecule has 0 bridgehead atoms. The second-order valence-electron chi connectivity index (χ2n) is 14.4. The number of hydrogen-bond acceptors (Lipinski definition) is 2. The fraction of sp³-hybridized carbons (Fsp3) is 0.182. The molecule has 226 valence electrons. The van der Waals surface area contributed by atoms with Gasteiger partial charge in [0.25, 0.3) is 6.71 Å². The van der Waals surface area contributed by atoms with E-state index < -0.39 is 0 Å². The lowest BCUT2D eigenvalue weighted by Crippen LogP contribution is -2.64. The van der Waals surface area contributed by atoms with E-state index in [0.717, 1.165) is 0 Å². The molecule has 1 saturated carbocycles. The lowest BCUT2D eigenvalue weighted by Gasteiger charge is -2.52. The molecule has 0 aromatic heterocycles. The maximum absolute atomic E-state index is 2.80. The molecule has 2 nitrogen and oxygen atoms in total. The molecule has 3 heterocycles. The Hall–Kier alpha value is -5.02. The third-order valence-electron chi connectivity index (χ3n) is 12.2. The first-order valence-electron chi connectivity index (χ1n) is 17.3. The van der Waals surface area contributed by atoms with E-state index >= 15 is 0 Å². The van der Waals surface area contributed by atoms with Crippen LogP contribution in [0.5, 0.6) is 0 Å². The standard InChI is InChI=1S/C44H37BN2/c1-43-26-9-10-27-44(43,2)47-39-23-13-22-38-41(39)45(37-21-12-20-35(43)42(37)47)36-25-24-33(31-16-7-4-8-17-31)29-40(36)46(38)34-19-11-18-32(28-34)30-14-5-3-6-15-30/h3-8,11-25,28-29H,9-10,26-27H2,1-2H3. The molecule has 2 atom stereocenters. The molecular formula is C44H37BN2. The van der Waals surface area contributed by atoms with E-state index in [1.807, 2.05) is 0 Å². The Kier molecular flexibility index (Phi) is 5.63. The summed E-state index contributed by atoms with van der Waals surface area (Å²) < 4.78 is 0. The monoisotopic (exact) mass is 604 g/mol. The lowest BCUT2D eigenvalue weighted by atomic mass is 9.33. The predicted molar refractivity (Wildman–Crippen MR) is 199 cm³/mol. The number of nitrogens with zero attached hydrogens (tertiary/aromatic N) is 2. The van der Waals surface area contributed by atoms with E-state index in [-0.39, 0.29) is 17.7 Å². The van der Waals surface area contributed by atoms with Crippen molar-refractivity contribution in [3.63, 3.8) is 0 Å². The maximum Gasteiger partial charge on any atom is 0.252 e. The molecular weight excluding hydrogens is 567 g/mol. The number of anilines is 5. The molecule has 10 rings (SSSR count). The molecule has 3 heteroatoms. The second kappa shape index (κ2) is 9.75. The largest absolute Gasteiger partial charge is 0.335 e. The van der Waals surface area contributed by atoms with E-state index in [1.165, 1.54) is 92.8 Å². The van der Waals surface area contributed by atoms with Crippen molar-refractivity contribution in [2.45, 2.75) is 50.5 Å². The Balaban J connectivity index is 1.27. The van der Waals surface area contributed by atoms with Crippen LogP contribution < -0.4 is 26.2 Å². The van der Waals surface area contributed by atoms with Crippen LogP contribution in [0.25, 0.3) is 22.3 Å². The fourth-order valence-corrected chi connectivity index (χ4v) is 9.76. The summed E-state index contributed by atoms with van der Waals surface area (Å²) >= 11 is 0. The topological polar surface area (TPSA) is 6.48 Å². The highest BCUT2D eigenvalue weighted by molar-refractivity contribution is 7.00. The average molecular weight is 605 g/mol. The van der Waals surface area contributed by atoms with Crippen LogP contribution in [0.2, 0.25) is 0 Å². The van der Waals surface area contributed by atoms with Gasteiger partial charge in [-0.25, -0.2) is 0 Å². The van der Waals surface area contributed by atoms with E-state index in [0.29, 0.717) is 0 Å². The Bertz CT molecular complexity index is 2210. The Morgan fingerprint density at radius 1 is 0.532 bits per heavy atom. The minimum absolute atomic E-state index is 0.0410. The molecule has 0 saturated heterocycles. The molecule has 0 radical (unpaired) electrons. The molecule has 0 spiro atoms. The molecule has 1 aliphatic carbocycles. The summed E-state index contributed by atoms with van der Waals surface area (Å²) in [6.45, 7) is 5.28. The first-order chi connectivity index (χ1) is 23.1. The molecule has 0 N–H and O–H groups in total. The van der Waals surface area contributed by atoms with Crippen molar-refractivity contribution >= 4 is 51.5 Å². The molecule has 6 aromatic carbocycles. The van der Waals surface area contributed by atoms with Crippen molar-refractivity contribution in [2.75, 3.05) is 9.80 Å². The number of para-hydroxylation sites is 1. The highest BCUT2D eigenvalue weighted by Gasteiger charge is 2.61. The third kappa shape index (κ3) is 3.58. The van der Waals surface area contributed by atoms with E-state index in [2.05, 4.69) is 163 Å². The van der Waals surface area contributed by atoms with Crippen molar-refractivity contribution in [3.05, 3.63) is 145 Å². The number of hydrogen-bond donors (Lipinski definition) is 0. The summed E-state index contributed by atoms with van der Waals surface area (Å²) in [5, 5.41) is 0. The summed E-state index contributed by atoms with van der Waals surface area (Å²) in [6.07, 6.45) is 5.04. The summed E-state index contributed by atoms with van der Waals surface area (Å²) in [7, 11) is 0. The van der Waals surface area contributed by atoms with Gasteiger partial charge in [-0.2, -0.15) is 0 Å². The zero-order valence-corrected chi connectivity index (χ0v) is 27.1. The highest BCUT2D eigenvalue weighted by Crippen LogP contribution is 2.61. The predicted octanol–water partition coefficient (Wildman–Crippen LogP) is 9.38. The van der Waals surface area contributed by atoms with Gasteiger partial charge in [0.2, 0.25) is 0 Å². The van der Waals surface area contributed by atoms with E-state index in [9.17, 15) is 0 Å². The van der Waals surface area contributed by atoms with Crippen LogP contribution >= 0.6 is 0 Å². The molecule has 2 unspecified atom stereocenters. The maximum atomic E-state index is 2.80. The normalized spacial score (nSPS) is 21.5. The van der Waals surface area contributed by atoms with Gasteiger partial charge < -0.3 is 9.80 Å². The summed E-state index contributed by atoms with van der Waals surface area (Å²) in [5.41, 5.74) is 17.6. The first kappa shape index (κ1) is 27.1. The van der Waals surface area contributed by atoms with Gasteiger partial charge in [0.1, 0.15) is 0 Å². The molecule has 4 aliphatic rings. The van der Waals surface area contributed by atoms with Crippen LogP contribution in [0.3, 0.4) is 0 Å². The van der Waals surface area contributed by atoms with Gasteiger partial charge in [-0.15, -0.1) is 0 Å². The van der Waals surface area contributed by atoms with Crippen molar-refractivity contribution in [1.82, 2.24) is 0 Å². The van der Waals surface area contributed by atoms with Gasteiger partial charge >= 0.3 is 0 Å². The lowest BCUT2D eigenvalue weighted by molar-refractivity contribution is 0.195. The highest BCUT2D eigenvalue weighted by atomic mass is 15.3. The van der Waals surface area contributed by atoms with Gasteiger partial charge in [0.15, 0.2) is 0 Å². The van der Waals surface area contributed by atoms with Crippen molar-refractivity contribution in [1.29, 1.82) is 0 Å². The van der Waals surface area contributed by atoms with Crippen LogP contribution in [0.4, 0.5) is 28.4 Å². The molecule has 0 amide bonds. The SMILES string of the molecule is CC12CCCCC1(C)N1c3cccc4c3B(c3ccc(-c5ccccc5)cc3N4c3cccc(-c4ccccc4)c3)c3cccc2c31. The smallest absolute Gasteiger partial charge is 0.252 e. The van der Waals surface area contributed by atoms with Crippen LogP contribution in [-0.2, 0) is 5.41 Å². The zero-order valence-electron chi connectivity index (χ0n) is 27.1. The molecule has 3 aliphatic heterocycles. The van der Waals surface area contributed by atoms with Gasteiger partial charge in [-0.3, -0.25) is 0 Å². The van der Waals surface area contributed by atoms with Crippen LogP contribution in [0.15, 0.2) is 140 Å². The van der Waals surface area contributed by atoms with Gasteiger partial charge in [0, 0.05) is 33.9 Å². The van der Waals surface area contributed by atoms with Crippen LogP contribution in [-0.4, -0.2) is 12.3 Å². The Morgan fingerprint density at radius 2 is 1.19 bits per heavy atom. The van der Waals surface area contributed by atoms with Crippen LogP contribution in [0.1, 0.15) is 45.1 Å². The van der Waals surface area contributed by atoms with Gasteiger partial charge in [0.05, 0.1) is 5.54 Å². The summed E-state index contributed by atoms with van der Waals surface area (Å²) in [4.78, 5) is 5.35. The minimum atomic E-state index is 0.0410. The molecule has 6 aromatic rings. The minimum Gasteiger partial charge on any atom is -0.335 e. The number of rotatable bonds is 3. The average Bonchev–Trinajstić information content (AvgIpc) is 3.34. The zero-order chi connectivity index (χ0) is 31.3. The quantitative estimate of drug-likeness (QED) is 0.186. The first-order valence-corrected chi connectivity index (χ1v) is 17.3. The fourth-order valence-electron chi connectivity index (χ4n) is 9.76. The number of fused-ring (bicyclic) bond motifs is 7. The van der Waals surface area contributed by atoms with Gasteiger partial charge in [-0.1, -0.05) is 129 Å². The van der Waals surface area contributed by atoms with Crippen LogP contribution in [0, 0.1) is 0 Å². The number of benzene rings is 6.